The van der Waals surface area contributed by atoms with Crippen LogP contribution < -0.4 is 5.73 Å². The first-order valence-electron chi connectivity index (χ1n) is 3.64. The molecule has 0 unspecified atom stereocenters. The van der Waals surface area contributed by atoms with Crippen LogP contribution in [-0.4, -0.2) is 31.5 Å². The van der Waals surface area contributed by atoms with Crippen molar-refractivity contribution in [2.45, 2.75) is 25.6 Å². The highest BCUT2D eigenvalue weighted by Crippen LogP contribution is 2.21. The van der Waals surface area contributed by atoms with E-state index in [4.69, 9.17) is 15.2 Å². The van der Waals surface area contributed by atoms with Crippen molar-refractivity contribution in [1.82, 2.24) is 0 Å². The third-order valence-electron chi connectivity index (χ3n) is 1.59. The van der Waals surface area contributed by atoms with Crippen LogP contribution in [0.15, 0.2) is 0 Å². The van der Waals surface area contributed by atoms with Gasteiger partial charge in [0, 0.05) is 6.54 Å². The average Bonchev–Trinajstić information content (AvgIpc) is 1.78. The van der Waals surface area contributed by atoms with Crippen molar-refractivity contribution < 1.29 is 9.47 Å². The van der Waals surface area contributed by atoms with Crippen LogP contribution in [0.3, 0.4) is 0 Å². The maximum atomic E-state index is 5.57. The summed E-state index contributed by atoms with van der Waals surface area (Å²) in [5.74, 6) is 0. The third kappa shape index (κ3) is 1.48. The van der Waals surface area contributed by atoms with Crippen molar-refractivity contribution in [2.75, 3.05) is 19.8 Å². The average molecular weight is 145 g/mol. The second kappa shape index (κ2) is 2.86. The fourth-order valence-electron chi connectivity index (χ4n) is 1.06. The first-order chi connectivity index (χ1) is 4.68. The second-order valence-electron chi connectivity index (χ2n) is 3.05. The van der Waals surface area contributed by atoms with E-state index >= 15 is 0 Å². The van der Waals surface area contributed by atoms with E-state index in [0.29, 0.717) is 19.8 Å². The van der Waals surface area contributed by atoms with Gasteiger partial charge >= 0.3 is 0 Å². The van der Waals surface area contributed by atoms with E-state index in [-0.39, 0.29) is 11.7 Å². The Kier molecular flexibility index (Phi) is 2.28. The van der Waals surface area contributed by atoms with Crippen molar-refractivity contribution in [2.24, 2.45) is 5.73 Å². The summed E-state index contributed by atoms with van der Waals surface area (Å²) in [6.07, 6.45) is 0.243. The Labute approximate surface area is 61.5 Å². The molecule has 1 fully saturated rings. The van der Waals surface area contributed by atoms with Crippen LogP contribution in [0.1, 0.15) is 13.8 Å². The van der Waals surface area contributed by atoms with Gasteiger partial charge in [-0.25, -0.2) is 0 Å². The normalized spacial score (nSPS) is 22.8. The molecule has 0 aromatic carbocycles. The Balaban J connectivity index is 2.33. The van der Waals surface area contributed by atoms with Gasteiger partial charge in [-0.3, -0.25) is 0 Å². The SMILES string of the molecule is CC(C)OC1(CN)COC1. The van der Waals surface area contributed by atoms with Crippen molar-refractivity contribution in [3.63, 3.8) is 0 Å². The molecular formula is C7H15NO2. The summed E-state index contributed by atoms with van der Waals surface area (Å²) in [5.41, 5.74) is 5.35. The van der Waals surface area contributed by atoms with Crippen LogP contribution in [0, 0.1) is 0 Å². The van der Waals surface area contributed by atoms with Gasteiger partial charge in [0.1, 0.15) is 5.60 Å². The standard InChI is InChI=1S/C7H15NO2/c1-6(2)10-7(3-8)4-9-5-7/h6H,3-5,8H2,1-2H3. The third-order valence-corrected chi connectivity index (χ3v) is 1.59. The monoisotopic (exact) mass is 145 g/mol. The molecule has 3 nitrogen and oxygen atoms in total. The minimum Gasteiger partial charge on any atom is -0.375 e. The minimum absolute atomic E-state index is 0.159. The van der Waals surface area contributed by atoms with Crippen LogP contribution >= 0.6 is 0 Å². The molecule has 1 aliphatic rings. The van der Waals surface area contributed by atoms with Gasteiger partial charge in [0.2, 0.25) is 0 Å². The molecule has 0 aromatic heterocycles. The van der Waals surface area contributed by atoms with Crippen molar-refractivity contribution in [1.29, 1.82) is 0 Å². The number of rotatable bonds is 3. The van der Waals surface area contributed by atoms with Gasteiger partial charge in [-0.15, -0.1) is 0 Å². The quantitative estimate of drug-likeness (QED) is 0.614. The number of ether oxygens (including phenoxy) is 2. The predicted molar refractivity (Wildman–Crippen MR) is 38.8 cm³/mol. The summed E-state index contributed by atoms with van der Waals surface area (Å²) >= 11 is 0. The van der Waals surface area contributed by atoms with Gasteiger partial charge in [0.25, 0.3) is 0 Å². The molecule has 0 saturated carbocycles. The van der Waals surface area contributed by atoms with Crippen LogP contribution in [-0.2, 0) is 9.47 Å². The lowest BCUT2D eigenvalue weighted by Gasteiger charge is -2.41. The predicted octanol–water partition coefficient (Wildman–Crippen LogP) is 0.139. The summed E-state index contributed by atoms with van der Waals surface area (Å²) in [6, 6.07) is 0. The van der Waals surface area contributed by atoms with E-state index in [9.17, 15) is 0 Å². The molecule has 60 valence electrons. The van der Waals surface area contributed by atoms with E-state index in [1.807, 2.05) is 13.8 Å². The molecule has 0 radical (unpaired) electrons. The maximum Gasteiger partial charge on any atom is 0.127 e. The summed E-state index contributed by atoms with van der Waals surface area (Å²) < 4.78 is 10.6. The smallest absolute Gasteiger partial charge is 0.127 e. The van der Waals surface area contributed by atoms with Crippen LogP contribution in [0.2, 0.25) is 0 Å². The fraction of sp³-hybridized carbons (Fsp3) is 1.00. The number of nitrogens with two attached hydrogens (primary N) is 1. The van der Waals surface area contributed by atoms with Crippen molar-refractivity contribution in [3.05, 3.63) is 0 Å². The zero-order chi connectivity index (χ0) is 7.61. The highest BCUT2D eigenvalue weighted by Gasteiger charge is 2.38. The minimum atomic E-state index is -0.159. The highest BCUT2D eigenvalue weighted by atomic mass is 16.6. The molecule has 0 bridgehead atoms. The summed E-state index contributed by atoms with van der Waals surface area (Å²) in [7, 11) is 0. The molecule has 3 heteroatoms. The summed E-state index contributed by atoms with van der Waals surface area (Å²) in [5, 5.41) is 0. The van der Waals surface area contributed by atoms with E-state index in [0.717, 1.165) is 0 Å². The van der Waals surface area contributed by atoms with E-state index in [2.05, 4.69) is 0 Å². The van der Waals surface area contributed by atoms with Gasteiger partial charge in [-0.1, -0.05) is 0 Å². The Morgan fingerprint density at radius 3 is 2.30 bits per heavy atom. The largest absolute Gasteiger partial charge is 0.375 e. The lowest BCUT2D eigenvalue weighted by Crippen LogP contribution is -2.58. The molecular weight excluding hydrogens is 130 g/mol. The zero-order valence-electron chi connectivity index (χ0n) is 6.59. The highest BCUT2D eigenvalue weighted by molar-refractivity contribution is 4.89. The first kappa shape index (κ1) is 7.98. The van der Waals surface area contributed by atoms with Gasteiger partial charge in [0.05, 0.1) is 19.3 Å². The topological polar surface area (TPSA) is 44.5 Å². The van der Waals surface area contributed by atoms with Crippen molar-refractivity contribution >= 4 is 0 Å². The summed E-state index contributed by atoms with van der Waals surface area (Å²) in [6.45, 7) is 5.89. The Bertz CT molecular complexity index is 105. The van der Waals surface area contributed by atoms with Gasteiger partial charge in [0.15, 0.2) is 0 Å². The molecule has 1 heterocycles. The van der Waals surface area contributed by atoms with E-state index < -0.39 is 0 Å². The van der Waals surface area contributed by atoms with Gasteiger partial charge in [-0.2, -0.15) is 0 Å². The summed E-state index contributed by atoms with van der Waals surface area (Å²) in [4.78, 5) is 0. The molecule has 0 amide bonds. The lowest BCUT2D eigenvalue weighted by molar-refractivity contribution is -0.218. The molecule has 2 N–H and O–H groups in total. The molecule has 0 aliphatic carbocycles. The Morgan fingerprint density at radius 2 is 2.20 bits per heavy atom. The zero-order valence-corrected chi connectivity index (χ0v) is 6.59. The number of hydrogen-bond donors (Lipinski definition) is 1. The number of hydrogen-bond acceptors (Lipinski definition) is 3. The van der Waals surface area contributed by atoms with Crippen LogP contribution in [0.25, 0.3) is 0 Å². The van der Waals surface area contributed by atoms with Crippen LogP contribution in [0.4, 0.5) is 0 Å². The Morgan fingerprint density at radius 1 is 1.60 bits per heavy atom. The van der Waals surface area contributed by atoms with Gasteiger partial charge < -0.3 is 15.2 Å². The van der Waals surface area contributed by atoms with Crippen molar-refractivity contribution in [3.8, 4) is 0 Å². The van der Waals surface area contributed by atoms with E-state index in [1.165, 1.54) is 0 Å². The van der Waals surface area contributed by atoms with Gasteiger partial charge in [-0.05, 0) is 13.8 Å². The van der Waals surface area contributed by atoms with E-state index in [1.54, 1.807) is 0 Å². The molecule has 0 aromatic rings. The molecule has 10 heavy (non-hydrogen) atoms. The first-order valence-corrected chi connectivity index (χ1v) is 3.64. The van der Waals surface area contributed by atoms with Crippen LogP contribution in [0.5, 0.6) is 0 Å². The fourth-order valence-corrected chi connectivity index (χ4v) is 1.06. The second-order valence-corrected chi connectivity index (χ2v) is 3.05. The molecule has 0 spiro atoms. The maximum absolute atomic E-state index is 5.57. The molecule has 1 rings (SSSR count). The molecule has 1 aliphatic heterocycles. The molecule has 0 atom stereocenters. The lowest BCUT2D eigenvalue weighted by atomic mass is 10.0. The Hall–Kier alpha value is -0.120. The molecule has 1 saturated heterocycles.